The van der Waals surface area contributed by atoms with Crippen LogP contribution in [0, 0.1) is 0 Å². The lowest BCUT2D eigenvalue weighted by molar-refractivity contribution is 0.703. The Morgan fingerprint density at radius 2 is 0.864 bits per heavy atom. The number of hydrogen-bond donors (Lipinski definition) is 0. The summed E-state index contributed by atoms with van der Waals surface area (Å²) in [6.45, 7) is 0. The van der Waals surface area contributed by atoms with E-state index in [1.54, 1.807) is 0 Å². The zero-order valence-corrected chi connectivity index (χ0v) is 24.8. The molecule has 0 N–H and O–H groups in total. The summed E-state index contributed by atoms with van der Waals surface area (Å²) in [6.07, 6.45) is 0. The average molecular weight is 581 g/mol. The van der Waals surface area contributed by atoms with Crippen LogP contribution in [-0.2, 0) is 5.41 Å². The summed E-state index contributed by atoms with van der Waals surface area (Å²) in [5.41, 5.74) is 9.44. The van der Waals surface area contributed by atoms with Crippen LogP contribution >= 0.6 is 11.8 Å². The van der Waals surface area contributed by atoms with E-state index in [1.165, 1.54) is 32.0 Å². The summed E-state index contributed by atoms with van der Waals surface area (Å²) >= 11 is 1.84. The lowest BCUT2D eigenvalue weighted by atomic mass is 9.64. The second-order valence-corrected chi connectivity index (χ2v) is 12.1. The van der Waals surface area contributed by atoms with Gasteiger partial charge in [0.25, 0.3) is 0 Å². The van der Waals surface area contributed by atoms with Gasteiger partial charge in [0.2, 0.25) is 0 Å². The van der Waals surface area contributed by atoms with Crippen molar-refractivity contribution in [3.63, 3.8) is 0 Å². The quantitative estimate of drug-likeness (QED) is 0.203. The first-order chi connectivity index (χ1) is 21.8. The molecule has 0 fully saturated rings. The van der Waals surface area contributed by atoms with Crippen LogP contribution in [0.2, 0.25) is 0 Å². The maximum Gasteiger partial charge on any atom is 0.160 e. The van der Waals surface area contributed by atoms with Gasteiger partial charge < -0.3 is 0 Å². The molecule has 0 atom stereocenters. The highest BCUT2D eigenvalue weighted by Gasteiger charge is 2.44. The van der Waals surface area contributed by atoms with E-state index >= 15 is 0 Å². The lowest BCUT2D eigenvalue weighted by Crippen LogP contribution is -2.34. The molecule has 0 radical (unpaired) electrons. The zero-order chi connectivity index (χ0) is 29.3. The van der Waals surface area contributed by atoms with Gasteiger partial charge in [-0.15, -0.1) is 0 Å². The van der Waals surface area contributed by atoms with Crippen LogP contribution in [0.25, 0.3) is 33.9 Å². The van der Waals surface area contributed by atoms with Crippen LogP contribution in [0.15, 0.2) is 180 Å². The topological polar surface area (TPSA) is 25.8 Å². The SMILES string of the molecule is c1ccc(-c2cc(-c3ccccc3)nc(-c3ccc4c(c3)C(c3ccccc3)(c3ccccc3)c3ccccc3S4)n2)cc1. The Kier molecular flexibility index (Phi) is 6.66. The highest BCUT2D eigenvalue weighted by molar-refractivity contribution is 7.99. The lowest BCUT2D eigenvalue weighted by Gasteiger charge is -2.42. The summed E-state index contributed by atoms with van der Waals surface area (Å²) in [4.78, 5) is 12.8. The van der Waals surface area contributed by atoms with Gasteiger partial charge in [-0.1, -0.05) is 157 Å². The summed E-state index contributed by atoms with van der Waals surface area (Å²) in [6, 6.07) is 60.2. The molecule has 208 valence electrons. The molecule has 1 aromatic heterocycles. The molecule has 0 bridgehead atoms. The van der Waals surface area contributed by atoms with Gasteiger partial charge >= 0.3 is 0 Å². The van der Waals surface area contributed by atoms with Gasteiger partial charge in [-0.3, -0.25) is 0 Å². The molecule has 6 aromatic carbocycles. The summed E-state index contributed by atoms with van der Waals surface area (Å²) in [5, 5.41) is 0. The smallest absolute Gasteiger partial charge is 0.160 e. The fourth-order valence-electron chi connectivity index (χ4n) is 6.44. The Morgan fingerprint density at radius 1 is 0.386 bits per heavy atom. The first kappa shape index (κ1) is 26.4. The fourth-order valence-corrected chi connectivity index (χ4v) is 7.61. The van der Waals surface area contributed by atoms with Crippen LogP contribution < -0.4 is 0 Å². The Bertz CT molecular complexity index is 1980. The largest absolute Gasteiger partial charge is 0.228 e. The predicted molar refractivity (Wildman–Crippen MR) is 181 cm³/mol. The summed E-state index contributed by atoms with van der Waals surface area (Å²) in [5.74, 6) is 0.715. The third-order valence-electron chi connectivity index (χ3n) is 8.43. The average Bonchev–Trinajstić information content (AvgIpc) is 3.12. The van der Waals surface area contributed by atoms with Crippen molar-refractivity contribution < 1.29 is 0 Å². The molecular weight excluding hydrogens is 553 g/mol. The minimum Gasteiger partial charge on any atom is -0.228 e. The van der Waals surface area contributed by atoms with E-state index in [2.05, 4.69) is 158 Å². The molecule has 0 spiro atoms. The zero-order valence-electron chi connectivity index (χ0n) is 24.0. The Balaban J connectivity index is 1.41. The monoisotopic (exact) mass is 580 g/mol. The minimum atomic E-state index is -0.505. The van der Waals surface area contributed by atoms with Crippen molar-refractivity contribution in [1.29, 1.82) is 0 Å². The van der Waals surface area contributed by atoms with E-state index in [4.69, 9.17) is 9.97 Å². The van der Waals surface area contributed by atoms with E-state index in [1.807, 2.05) is 23.9 Å². The van der Waals surface area contributed by atoms with Crippen LogP contribution in [-0.4, -0.2) is 9.97 Å². The first-order valence-electron chi connectivity index (χ1n) is 14.8. The number of aromatic nitrogens is 2. The van der Waals surface area contributed by atoms with Crippen LogP contribution in [0.1, 0.15) is 22.3 Å². The van der Waals surface area contributed by atoms with E-state index in [0.717, 1.165) is 28.1 Å². The molecule has 2 nitrogen and oxygen atoms in total. The highest BCUT2D eigenvalue weighted by Crippen LogP contribution is 2.56. The summed E-state index contributed by atoms with van der Waals surface area (Å²) in [7, 11) is 0. The van der Waals surface area contributed by atoms with Crippen LogP contribution in [0.5, 0.6) is 0 Å². The maximum atomic E-state index is 5.17. The molecule has 0 amide bonds. The molecule has 0 aliphatic carbocycles. The van der Waals surface area contributed by atoms with Crippen molar-refractivity contribution in [3.05, 3.63) is 192 Å². The number of fused-ring (bicyclic) bond motifs is 2. The molecule has 0 unspecified atom stereocenters. The second kappa shape index (κ2) is 11.1. The van der Waals surface area contributed by atoms with Gasteiger partial charge in [-0.2, -0.15) is 0 Å². The van der Waals surface area contributed by atoms with Crippen molar-refractivity contribution >= 4 is 11.8 Å². The van der Waals surface area contributed by atoms with Gasteiger partial charge in [-0.05, 0) is 46.5 Å². The van der Waals surface area contributed by atoms with E-state index < -0.39 is 5.41 Å². The molecule has 0 saturated carbocycles. The van der Waals surface area contributed by atoms with Crippen LogP contribution in [0.4, 0.5) is 0 Å². The number of hydrogen-bond acceptors (Lipinski definition) is 3. The fraction of sp³-hybridized carbons (Fsp3) is 0.0244. The Hall–Kier alpha value is -5.25. The number of nitrogens with zero attached hydrogens (tertiary/aromatic N) is 2. The van der Waals surface area contributed by atoms with Crippen molar-refractivity contribution in [2.24, 2.45) is 0 Å². The maximum absolute atomic E-state index is 5.17. The second-order valence-electron chi connectivity index (χ2n) is 11.0. The predicted octanol–water partition coefficient (Wildman–Crippen LogP) is 10.3. The third kappa shape index (κ3) is 4.45. The molecule has 2 heterocycles. The molecule has 3 heteroatoms. The van der Waals surface area contributed by atoms with Crippen molar-refractivity contribution in [2.75, 3.05) is 0 Å². The first-order valence-corrected chi connectivity index (χ1v) is 15.7. The molecule has 1 aliphatic heterocycles. The van der Waals surface area contributed by atoms with Gasteiger partial charge in [0.1, 0.15) is 0 Å². The van der Waals surface area contributed by atoms with E-state index in [-0.39, 0.29) is 0 Å². The molecular formula is C41H28N2S. The Morgan fingerprint density at radius 3 is 1.43 bits per heavy atom. The van der Waals surface area contributed by atoms with E-state index in [9.17, 15) is 0 Å². The van der Waals surface area contributed by atoms with Crippen molar-refractivity contribution in [3.8, 4) is 33.9 Å². The van der Waals surface area contributed by atoms with Gasteiger partial charge in [0.05, 0.1) is 16.8 Å². The Labute approximate surface area is 262 Å². The highest BCUT2D eigenvalue weighted by atomic mass is 32.2. The van der Waals surface area contributed by atoms with Gasteiger partial charge in [-0.25, -0.2) is 9.97 Å². The molecule has 1 aliphatic rings. The van der Waals surface area contributed by atoms with Gasteiger partial charge in [0.15, 0.2) is 5.82 Å². The summed E-state index contributed by atoms with van der Waals surface area (Å²) < 4.78 is 0. The van der Waals surface area contributed by atoms with Crippen LogP contribution in [0.3, 0.4) is 0 Å². The minimum absolute atomic E-state index is 0.505. The number of benzene rings is 6. The molecule has 8 rings (SSSR count). The molecule has 7 aromatic rings. The van der Waals surface area contributed by atoms with Crippen molar-refractivity contribution in [1.82, 2.24) is 9.97 Å². The van der Waals surface area contributed by atoms with Gasteiger partial charge in [0, 0.05) is 26.5 Å². The molecule has 44 heavy (non-hydrogen) atoms. The normalized spacial score (nSPS) is 13.1. The number of rotatable bonds is 5. The third-order valence-corrected chi connectivity index (χ3v) is 9.58. The molecule has 0 saturated heterocycles. The van der Waals surface area contributed by atoms with Crippen molar-refractivity contribution in [2.45, 2.75) is 15.2 Å². The van der Waals surface area contributed by atoms with E-state index in [0.29, 0.717) is 5.82 Å². The standard InChI is InChI=1S/C41H28N2S/c1-5-15-29(16-6-1)36-28-37(30-17-7-2-8-18-30)43-40(42-36)31-25-26-39-35(27-31)41(32-19-9-3-10-20-32,33-21-11-4-12-22-33)34-23-13-14-24-38(34)44-39/h1-28H.